The first-order chi connectivity index (χ1) is 13.0. The maximum absolute atomic E-state index is 13.0. The molecule has 3 rings (SSSR count). The number of H-pyrrole nitrogens is 1. The van der Waals surface area contributed by atoms with Crippen molar-refractivity contribution in [1.82, 2.24) is 15.2 Å². The van der Waals surface area contributed by atoms with Crippen LogP contribution in [-0.2, 0) is 4.79 Å². The molecule has 5 N–H and O–H groups in total. The number of para-hydroxylation sites is 1. The Hall–Kier alpha value is -3.40. The monoisotopic (exact) mass is 386 g/mol. The third kappa shape index (κ3) is 5.05. The number of halogens is 1. The van der Waals surface area contributed by atoms with Gasteiger partial charge in [-0.3, -0.25) is 9.59 Å². The minimum atomic E-state index is -0.424. The van der Waals surface area contributed by atoms with E-state index in [1.54, 1.807) is 24.3 Å². The average molecular weight is 386 g/mol. The van der Waals surface area contributed by atoms with Gasteiger partial charge >= 0.3 is 0 Å². The number of carbonyl (C=O) groups excluding carboxylic acids is 2. The molecule has 0 radical (unpaired) electrons. The lowest BCUT2D eigenvalue weighted by atomic mass is 10.1. The number of nitrogens with zero attached hydrogens (tertiary/aromatic N) is 2. The second-order valence-corrected chi connectivity index (χ2v) is 6.29. The second-order valence-electron chi connectivity index (χ2n) is 5.35. The van der Waals surface area contributed by atoms with Crippen molar-refractivity contribution in [3.63, 3.8) is 0 Å². The molecule has 0 unspecified atom stereocenters. The SMILES string of the molecule is Nc1nc(SCC(=O)Nc2ccccc2C(=O)Nc2ccc(F)cc2)n[nH]1. The summed E-state index contributed by atoms with van der Waals surface area (Å²) in [5, 5.41) is 12.0. The van der Waals surface area contributed by atoms with Crippen LogP contribution < -0.4 is 16.4 Å². The third-order valence-corrected chi connectivity index (χ3v) is 4.21. The highest BCUT2D eigenvalue weighted by atomic mass is 32.2. The van der Waals surface area contributed by atoms with Crippen LogP contribution >= 0.6 is 11.8 Å². The molecule has 3 aromatic rings. The summed E-state index contributed by atoms with van der Waals surface area (Å²) < 4.78 is 13.0. The highest BCUT2D eigenvalue weighted by Gasteiger charge is 2.14. The van der Waals surface area contributed by atoms with E-state index in [4.69, 9.17) is 5.73 Å². The van der Waals surface area contributed by atoms with Gasteiger partial charge < -0.3 is 16.4 Å². The first-order valence-corrected chi connectivity index (χ1v) is 8.76. The van der Waals surface area contributed by atoms with Crippen LogP contribution in [-0.4, -0.2) is 32.7 Å². The lowest BCUT2D eigenvalue weighted by Gasteiger charge is -2.11. The summed E-state index contributed by atoms with van der Waals surface area (Å²) >= 11 is 1.11. The van der Waals surface area contributed by atoms with E-state index < -0.39 is 11.7 Å². The molecule has 0 aliphatic heterocycles. The van der Waals surface area contributed by atoms with Crippen LogP contribution in [0.4, 0.5) is 21.7 Å². The highest BCUT2D eigenvalue weighted by molar-refractivity contribution is 7.99. The smallest absolute Gasteiger partial charge is 0.257 e. The number of hydrogen-bond donors (Lipinski definition) is 4. The number of nitrogen functional groups attached to an aromatic ring is 1. The molecule has 1 aromatic heterocycles. The quantitative estimate of drug-likeness (QED) is 0.482. The van der Waals surface area contributed by atoms with Crippen LogP contribution in [0, 0.1) is 5.82 Å². The number of nitrogens with one attached hydrogen (secondary N) is 3. The summed E-state index contributed by atoms with van der Waals surface area (Å²) in [6.45, 7) is 0. The van der Waals surface area contributed by atoms with Crippen LogP contribution in [0.1, 0.15) is 10.4 Å². The summed E-state index contributed by atoms with van der Waals surface area (Å²) in [5.74, 6) is -0.935. The molecule has 27 heavy (non-hydrogen) atoms. The zero-order chi connectivity index (χ0) is 19.2. The first kappa shape index (κ1) is 18.4. The molecule has 0 bridgehead atoms. The van der Waals surface area contributed by atoms with Crippen molar-refractivity contribution in [2.24, 2.45) is 0 Å². The van der Waals surface area contributed by atoms with E-state index in [1.807, 2.05) is 0 Å². The van der Waals surface area contributed by atoms with Gasteiger partial charge in [0.05, 0.1) is 17.0 Å². The fraction of sp³-hybridized carbons (Fsp3) is 0.0588. The van der Waals surface area contributed by atoms with E-state index in [2.05, 4.69) is 25.8 Å². The molecule has 1 heterocycles. The lowest BCUT2D eigenvalue weighted by molar-refractivity contribution is -0.113. The van der Waals surface area contributed by atoms with Gasteiger partial charge in [0.2, 0.25) is 17.0 Å². The fourth-order valence-corrected chi connectivity index (χ4v) is 2.77. The molecular formula is C17H15FN6O2S. The van der Waals surface area contributed by atoms with E-state index in [9.17, 15) is 14.0 Å². The van der Waals surface area contributed by atoms with Crippen molar-refractivity contribution < 1.29 is 14.0 Å². The Labute approximate surface area is 157 Å². The first-order valence-electron chi connectivity index (χ1n) is 7.78. The van der Waals surface area contributed by atoms with Gasteiger partial charge in [0.15, 0.2) is 0 Å². The molecular weight excluding hydrogens is 371 g/mol. The second kappa shape index (κ2) is 8.32. The van der Waals surface area contributed by atoms with Crippen molar-refractivity contribution in [3.05, 3.63) is 59.9 Å². The molecule has 10 heteroatoms. The molecule has 0 saturated heterocycles. The number of amides is 2. The van der Waals surface area contributed by atoms with Gasteiger partial charge in [-0.15, -0.1) is 5.10 Å². The molecule has 0 aliphatic rings. The van der Waals surface area contributed by atoms with Gasteiger partial charge in [0.1, 0.15) is 5.82 Å². The summed E-state index contributed by atoms with van der Waals surface area (Å²) in [6, 6.07) is 12.0. The number of rotatable bonds is 6. The molecule has 0 spiro atoms. The zero-order valence-electron chi connectivity index (χ0n) is 13.9. The number of aromatic amines is 1. The maximum atomic E-state index is 13.0. The molecule has 0 atom stereocenters. The Balaban J connectivity index is 1.64. The summed E-state index contributed by atoms with van der Waals surface area (Å²) in [4.78, 5) is 28.5. The van der Waals surface area contributed by atoms with Crippen molar-refractivity contribution in [2.45, 2.75) is 5.16 Å². The largest absolute Gasteiger partial charge is 0.368 e. The number of benzene rings is 2. The number of nitrogens with two attached hydrogens (primary N) is 1. The highest BCUT2D eigenvalue weighted by Crippen LogP contribution is 2.19. The van der Waals surface area contributed by atoms with Crippen LogP contribution in [0.5, 0.6) is 0 Å². The van der Waals surface area contributed by atoms with Gasteiger partial charge in [-0.1, -0.05) is 23.9 Å². The molecule has 8 nitrogen and oxygen atoms in total. The van der Waals surface area contributed by atoms with Crippen LogP contribution in [0.25, 0.3) is 0 Å². The molecule has 0 fully saturated rings. The Bertz CT molecular complexity index is 960. The average Bonchev–Trinajstić information content (AvgIpc) is 3.08. The van der Waals surface area contributed by atoms with E-state index in [0.29, 0.717) is 16.5 Å². The normalized spacial score (nSPS) is 10.4. The van der Waals surface area contributed by atoms with Gasteiger partial charge in [-0.2, -0.15) is 4.98 Å². The topological polar surface area (TPSA) is 126 Å². The van der Waals surface area contributed by atoms with Crippen molar-refractivity contribution >= 4 is 40.9 Å². The Kier molecular flexibility index (Phi) is 5.67. The van der Waals surface area contributed by atoms with Crippen molar-refractivity contribution in [3.8, 4) is 0 Å². The molecule has 138 valence electrons. The van der Waals surface area contributed by atoms with Gasteiger partial charge in [0, 0.05) is 5.69 Å². The number of thioether (sulfide) groups is 1. The van der Waals surface area contributed by atoms with E-state index in [-0.39, 0.29) is 23.2 Å². The number of anilines is 3. The van der Waals surface area contributed by atoms with Gasteiger partial charge in [-0.25, -0.2) is 9.49 Å². The standard InChI is InChI=1S/C17H15FN6O2S/c18-10-5-7-11(8-6-10)20-15(26)12-3-1-2-4-13(12)21-14(25)9-27-17-22-16(19)23-24-17/h1-8H,9H2,(H,20,26)(H,21,25)(H3,19,22,23,24). The zero-order valence-corrected chi connectivity index (χ0v) is 14.7. The number of hydrogen-bond acceptors (Lipinski definition) is 6. The molecule has 0 saturated carbocycles. The molecule has 2 amide bonds. The van der Waals surface area contributed by atoms with Crippen LogP contribution in [0.3, 0.4) is 0 Å². The molecule has 0 aliphatic carbocycles. The fourth-order valence-electron chi connectivity index (χ4n) is 2.16. The Morgan fingerprint density at radius 3 is 2.56 bits per heavy atom. The minimum Gasteiger partial charge on any atom is -0.368 e. The van der Waals surface area contributed by atoms with Crippen molar-refractivity contribution in [1.29, 1.82) is 0 Å². The van der Waals surface area contributed by atoms with Gasteiger partial charge in [0.25, 0.3) is 5.91 Å². The number of aromatic nitrogens is 3. The summed E-state index contributed by atoms with van der Waals surface area (Å²) in [7, 11) is 0. The lowest BCUT2D eigenvalue weighted by Crippen LogP contribution is -2.19. The maximum Gasteiger partial charge on any atom is 0.257 e. The third-order valence-electron chi connectivity index (χ3n) is 3.36. The number of carbonyl (C=O) groups is 2. The van der Waals surface area contributed by atoms with Crippen molar-refractivity contribution in [2.75, 3.05) is 22.1 Å². The van der Waals surface area contributed by atoms with E-state index in [0.717, 1.165) is 11.8 Å². The predicted molar refractivity (Wildman–Crippen MR) is 101 cm³/mol. The summed E-state index contributed by atoms with van der Waals surface area (Å²) in [5.41, 5.74) is 6.51. The Morgan fingerprint density at radius 1 is 1.11 bits per heavy atom. The van der Waals surface area contributed by atoms with Crippen LogP contribution in [0.15, 0.2) is 53.7 Å². The van der Waals surface area contributed by atoms with Gasteiger partial charge in [-0.05, 0) is 36.4 Å². The predicted octanol–water partition coefficient (Wildman–Crippen LogP) is 2.51. The van der Waals surface area contributed by atoms with E-state index in [1.165, 1.54) is 24.3 Å². The minimum absolute atomic E-state index is 0.0468. The van der Waals surface area contributed by atoms with Crippen LogP contribution in [0.2, 0.25) is 0 Å². The molecule has 2 aromatic carbocycles. The Morgan fingerprint density at radius 2 is 1.85 bits per heavy atom. The summed E-state index contributed by atoms with van der Waals surface area (Å²) in [6.07, 6.45) is 0. The van der Waals surface area contributed by atoms with E-state index >= 15 is 0 Å².